The number of hydrogen-bond donors (Lipinski definition) is 1. The van der Waals surface area contributed by atoms with Gasteiger partial charge in [0.2, 0.25) is 0 Å². The van der Waals surface area contributed by atoms with Crippen LogP contribution in [0.4, 0.5) is 0 Å². The number of rotatable bonds is 4. The van der Waals surface area contributed by atoms with E-state index < -0.39 is 0 Å². The van der Waals surface area contributed by atoms with Gasteiger partial charge < -0.3 is 14.6 Å². The molecule has 0 spiro atoms. The van der Waals surface area contributed by atoms with Gasteiger partial charge in [-0.3, -0.25) is 0 Å². The molecule has 3 heteroatoms. The molecule has 2 heterocycles. The average molecular weight is 456 g/mol. The maximum absolute atomic E-state index is 6.57. The fourth-order valence-electron chi connectivity index (χ4n) is 4.88. The second-order valence-corrected chi connectivity index (χ2v) is 8.76. The average Bonchev–Trinajstić information content (AvgIpc) is 3.45. The van der Waals surface area contributed by atoms with Gasteiger partial charge in [-0.25, -0.2) is 0 Å². The number of benzene rings is 4. The van der Waals surface area contributed by atoms with Gasteiger partial charge in [-0.05, 0) is 31.5 Å². The van der Waals surface area contributed by atoms with Gasteiger partial charge in [0.05, 0.1) is 0 Å². The van der Waals surface area contributed by atoms with Crippen LogP contribution in [-0.2, 0) is 0 Å². The van der Waals surface area contributed by atoms with Crippen LogP contribution in [0.2, 0.25) is 0 Å². The highest BCUT2D eigenvalue weighted by molar-refractivity contribution is 6.21. The van der Waals surface area contributed by atoms with Gasteiger partial charge in [0.1, 0.15) is 11.2 Å². The van der Waals surface area contributed by atoms with Crippen molar-refractivity contribution in [3.8, 4) is 11.1 Å². The van der Waals surface area contributed by atoms with E-state index >= 15 is 0 Å². The fraction of sp³-hybridized carbons (Fsp3) is 0.0625. The Kier molecular flexibility index (Phi) is 5.04. The molecule has 0 bridgehead atoms. The zero-order chi connectivity index (χ0) is 23.9. The summed E-state index contributed by atoms with van der Waals surface area (Å²) in [4.78, 5) is 0. The van der Waals surface area contributed by atoms with Crippen molar-refractivity contribution in [2.24, 2.45) is 5.73 Å². The Morgan fingerprint density at radius 2 is 1.37 bits per heavy atom. The molecule has 0 fully saturated rings. The molecule has 0 atom stereocenters. The Bertz CT molecular complexity index is 1830. The Morgan fingerprint density at radius 1 is 0.714 bits per heavy atom. The van der Waals surface area contributed by atoms with Crippen LogP contribution in [0.5, 0.6) is 0 Å². The lowest BCUT2D eigenvalue weighted by molar-refractivity contribution is 0.633. The zero-order valence-corrected chi connectivity index (χ0v) is 19.7. The van der Waals surface area contributed by atoms with E-state index in [9.17, 15) is 0 Å². The molecule has 0 radical (unpaired) electrons. The molecule has 0 aliphatic heterocycles. The van der Waals surface area contributed by atoms with Crippen molar-refractivity contribution < 1.29 is 8.83 Å². The van der Waals surface area contributed by atoms with Gasteiger partial charge in [-0.1, -0.05) is 90.5 Å². The maximum Gasteiger partial charge on any atom is 0.178 e. The first kappa shape index (κ1) is 21.1. The topological polar surface area (TPSA) is 52.3 Å². The van der Waals surface area contributed by atoms with Crippen molar-refractivity contribution in [1.29, 1.82) is 0 Å². The Morgan fingerprint density at radius 3 is 2.09 bits per heavy atom. The second kappa shape index (κ2) is 8.37. The van der Waals surface area contributed by atoms with Crippen molar-refractivity contribution in [3.05, 3.63) is 114 Å². The molecule has 0 saturated heterocycles. The summed E-state index contributed by atoms with van der Waals surface area (Å²) in [5, 5.41) is 4.19. The Labute approximate surface area is 203 Å². The molecule has 6 aromatic rings. The highest BCUT2D eigenvalue weighted by Gasteiger charge is 2.19. The molecule has 3 nitrogen and oxygen atoms in total. The molecule has 0 aliphatic carbocycles. The second-order valence-electron chi connectivity index (χ2n) is 8.76. The van der Waals surface area contributed by atoms with E-state index in [0.717, 1.165) is 66.1 Å². The maximum atomic E-state index is 6.57. The molecule has 4 aromatic carbocycles. The fourth-order valence-corrected chi connectivity index (χ4v) is 4.88. The molecule has 6 rings (SSSR count). The number of fused-ring (bicyclic) bond motifs is 7. The normalized spacial score (nSPS) is 12.9. The van der Waals surface area contributed by atoms with E-state index in [2.05, 4.69) is 67.6 Å². The summed E-state index contributed by atoms with van der Waals surface area (Å²) in [7, 11) is 0. The smallest absolute Gasteiger partial charge is 0.178 e. The molecule has 170 valence electrons. The minimum absolute atomic E-state index is 0.755. The van der Waals surface area contributed by atoms with Crippen molar-refractivity contribution in [2.75, 3.05) is 0 Å². The number of furan rings is 2. The first-order valence-corrected chi connectivity index (χ1v) is 11.8. The van der Waals surface area contributed by atoms with Crippen LogP contribution in [0.3, 0.4) is 0 Å². The van der Waals surface area contributed by atoms with E-state index in [0.29, 0.717) is 0 Å². The molecule has 2 N–H and O–H groups in total. The summed E-state index contributed by atoms with van der Waals surface area (Å²) < 4.78 is 13.1. The molecular weight excluding hydrogens is 430 g/mol. The highest BCUT2D eigenvalue weighted by atomic mass is 16.4. The molecule has 0 amide bonds. The van der Waals surface area contributed by atoms with Crippen LogP contribution in [0, 0.1) is 6.92 Å². The first-order chi connectivity index (χ1) is 17.2. The first-order valence-electron chi connectivity index (χ1n) is 11.8. The SMILES string of the molecule is C/C=C/C=C\C(=C/N)c1cccc2c1oc1c2ccc2c3cccc(-c4cccc(C)c4)c3oc21. The van der Waals surface area contributed by atoms with Crippen LogP contribution in [0.25, 0.3) is 60.6 Å². The number of nitrogens with two attached hydrogens (primary N) is 1. The predicted octanol–water partition coefficient (Wildman–Crippen LogP) is 8.89. The molecule has 2 aromatic heterocycles. The third kappa shape index (κ3) is 3.36. The molecule has 0 saturated carbocycles. The summed E-state index contributed by atoms with van der Waals surface area (Å²) in [6.45, 7) is 4.09. The van der Waals surface area contributed by atoms with Crippen LogP contribution < -0.4 is 5.73 Å². The Hall–Kier alpha value is -4.50. The minimum Gasteiger partial charge on any atom is -0.451 e. The summed E-state index contributed by atoms with van der Waals surface area (Å²) in [5.74, 6) is 0. The van der Waals surface area contributed by atoms with Crippen LogP contribution in [0.15, 0.2) is 112 Å². The van der Waals surface area contributed by atoms with Gasteiger partial charge in [-0.2, -0.15) is 0 Å². The number of hydrogen-bond acceptors (Lipinski definition) is 3. The van der Waals surface area contributed by atoms with Crippen molar-refractivity contribution >= 4 is 49.5 Å². The van der Waals surface area contributed by atoms with E-state index in [4.69, 9.17) is 14.6 Å². The van der Waals surface area contributed by atoms with Gasteiger partial charge in [-0.15, -0.1) is 0 Å². The summed E-state index contributed by atoms with van der Waals surface area (Å²) in [5.41, 5.74) is 14.5. The molecular formula is C32H25NO2. The monoisotopic (exact) mass is 455 g/mol. The molecule has 0 aliphatic rings. The predicted molar refractivity (Wildman–Crippen MR) is 147 cm³/mol. The number of para-hydroxylation sites is 2. The van der Waals surface area contributed by atoms with Gasteiger partial charge in [0.25, 0.3) is 0 Å². The van der Waals surface area contributed by atoms with E-state index in [1.807, 2.05) is 43.4 Å². The molecule has 35 heavy (non-hydrogen) atoms. The summed E-state index contributed by atoms with van der Waals surface area (Å²) >= 11 is 0. The quantitative estimate of drug-likeness (QED) is 0.270. The van der Waals surface area contributed by atoms with Gasteiger partial charge >= 0.3 is 0 Å². The molecule has 0 unspecified atom stereocenters. The van der Waals surface area contributed by atoms with Crippen molar-refractivity contribution in [2.45, 2.75) is 13.8 Å². The Balaban J connectivity index is 1.63. The lowest BCUT2D eigenvalue weighted by Gasteiger charge is -2.03. The van der Waals surface area contributed by atoms with Gasteiger partial charge in [0.15, 0.2) is 11.2 Å². The standard InChI is InChI=1S/C32H25NO2/c1-3-4-5-10-22(19-33)24-13-8-15-26-28-17-16-27-25-14-7-12-23(21-11-6-9-20(2)18-21)29(25)34-31(27)32(28)35-30(24)26/h3-19H,33H2,1-2H3/b4-3+,10-5-,22-19+. The zero-order valence-electron chi connectivity index (χ0n) is 19.7. The van der Waals surface area contributed by atoms with Crippen LogP contribution in [0.1, 0.15) is 18.1 Å². The third-order valence-corrected chi connectivity index (χ3v) is 6.53. The largest absolute Gasteiger partial charge is 0.451 e. The van der Waals surface area contributed by atoms with Gasteiger partial charge in [0, 0.05) is 44.4 Å². The lowest BCUT2D eigenvalue weighted by atomic mass is 10.0. The summed E-state index contributed by atoms with van der Waals surface area (Å²) in [6, 6.07) is 25.2. The minimum atomic E-state index is 0.755. The van der Waals surface area contributed by atoms with Crippen molar-refractivity contribution in [3.63, 3.8) is 0 Å². The number of aryl methyl sites for hydroxylation is 1. The third-order valence-electron chi connectivity index (χ3n) is 6.53. The van der Waals surface area contributed by atoms with Crippen LogP contribution >= 0.6 is 0 Å². The van der Waals surface area contributed by atoms with E-state index in [-0.39, 0.29) is 0 Å². The number of allylic oxidation sites excluding steroid dienone is 5. The lowest BCUT2D eigenvalue weighted by Crippen LogP contribution is -1.87. The highest BCUT2D eigenvalue weighted by Crippen LogP contribution is 2.42. The van der Waals surface area contributed by atoms with E-state index in [1.165, 1.54) is 5.56 Å². The van der Waals surface area contributed by atoms with Crippen LogP contribution in [-0.4, -0.2) is 0 Å². The van der Waals surface area contributed by atoms with Crippen molar-refractivity contribution in [1.82, 2.24) is 0 Å². The van der Waals surface area contributed by atoms with E-state index in [1.54, 1.807) is 6.20 Å². The summed E-state index contributed by atoms with van der Waals surface area (Å²) in [6.07, 6.45) is 9.55.